The number of sulfone groups is 1. The molecule has 1 atom stereocenters. The van der Waals surface area contributed by atoms with Gasteiger partial charge in [-0.25, -0.2) is 8.42 Å². The van der Waals surface area contributed by atoms with Gasteiger partial charge in [-0.15, -0.1) is 0 Å². The molecule has 0 spiro atoms. The number of hydrogen-bond acceptors (Lipinski definition) is 5. The minimum atomic E-state index is -3.10. The molecule has 2 amide bonds. The van der Waals surface area contributed by atoms with E-state index >= 15 is 0 Å². The number of aromatic hydroxyl groups is 1. The second-order valence-electron chi connectivity index (χ2n) is 4.57. The van der Waals surface area contributed by atoms with Crippen molar-refractivity contribution in [3.05, 3.63) is 24.3 Å². The van der Waals surface area contributed by atoms with Gasteiger partial charge in [0.1, 0.15) is 5.75 Å². The molecule has 3 N–H and O–H groups in total. The first-order valence-electron chi connectivity index (χ1n) is 5.97. The van der Waals surface area contributed by atoms with Crippen molar-refractivity contribution in [2.24, 2.45) is 0 Å². The topological polar surface area (TPSA) is 113 Å². The Balaban J connectivity index is 1.89. The number of carbonyl (C=O) groups is 2. The number of rotatable bonds is 2. The van der Waals surface area contributed by atoms with Gasteiger partial charge in [0.2, 0.25) is 0 Å². The van der Waals surface area contributed by atoms with Gasteiger partial charge in [-0.1, -0.05) is 0 Å². The summed E-state index contributed by atoms with van der Waals surface area (Å²) >= 11 is 0. The molecule has 1 fully saturated rings. The summed E-state index contributed by atoms with van der Waals surface area (Å²) in [5, 5.41) is 13.8. The fourth-order valence-electron chi connectivity index (χ4n) is 1.89. The zero-order valence-electron chi connectivity index (χ0n) is 10.5. The minimum Gasteiger partial charge on any atom is -0.508 e. The van der Waals surface area contributed by atoms with Crippen molar-refractivity contribution < 1.29 is 23.1 Å². The SMILES string of the molecule is O=C(Nc1ccc(O)cc1)C(=O)NC1CCS(=O)(=O)C1. The van der Waals surface area contributed by atoms with Gasteiger partial charge in [0.15, 0.2) is 9.84 Å². The van der Waals surface area contributed by atoms with Crippen molar-refractivity contribution in [2.45, 2.75) is 12.5 Å². The zero-order valence-corrected chi connectivity index (χ0v) is 11.3. The summed E-state index contributed by atoms with van der Waals surface area (Å²) in [7, 11) is -3.10. The second kappa shape index (κ2) is 5.49. The highest BCUT2D eigenvalue weighted by Crippen LogP contribution is 2.14. The van der Waals surface area contributed by atoms with Gasteiger partial charge < -0.3 is 15.7 Å². The van der Waals surface area contributed by atoms with Gasteiger partial charge in [0.05, 0.1) is 11.5 Å². The number of carbonyl (C=O) groups excluding carboxylic acids is 2. The van der Waals surface area contributed by atoms with Crippen LogP contribution in [0.3, 0.4) is 0 Å². The van der Waals surface area contributed by atoms with E-state index in [0.29, 0.717) is 12.1 Å². The number of anilines is 1. The summed E-state index contributed by atoms with van der Waals surface area (Å²) in [5.74, 6) is -1.81. The smallest absolute Gasteiger partial charge is 0.313 e. The first-order chi connectivity index (χ1) is 9.35. The third kappa shape index (κ3) is 3.70. The van der Waals surface area contributed by atoms with Gasteiger partial charge >= 0.3 is 11.8 Å². The summed E-state index contributed by atoms with van der Waals surface area (Å²) in [5.41, 5.74) is 0.363. The van der Waals surface area contributed by atoms with Crippen LogP contribution in [0.4, 0.5) is 5.69 Å². The van der Waals surface area contributed by atoms with Crippen LogP contribution in [0.15, 0.2) is 24.3 Å². The van der Waals surface area contributed by atoms with E-state index in [0.717, 1.165) is 0 Å². The molecular formula is C12H14N2O5S. The lowest BCUT2D eigenvalue weighted by Crippen LogP contribution is -2.42. The quantitative estimate of drug-likeness (QED) is 0.509. The van der Waals surface area contributed by atoms with E-state index < -0.39 is 27.7 Å². The Kier molecular flexibility index (Phi) is 3.93. The minimum absolute atomic E-state index is 0.0253. The van der Waals surface area contributed by atoms with Crippen LogP contribution in [0.1, 0.15) is 6.42 Å². The molecule has 1 aliphatic rings. The fraction of sp³-hybridized carbons (Fsp3) is 0.333. The van der Waals surface area contributed by atoms with E-state index in [1.165, 1.54) is 24.3 Å². The van der Waals surface area contributed by atoms with Crippen molar-refractivity contribution >= 4 is 27.3 Å². The zero-order chi connectivity index (χ0) is 14.8. The summed E-state index contributed by atoms with van der Waals surface area (Å²) < 4.78 is 22.5. The largest absolute Gasteiger partial charge is 0.508 e. The molecule has 2 rings (SSSR count). The average molecular weight is 298 g/mol. The lowest BCUT2D eigenvalue weighted by Gasteiger charge is -2.10. The normalized spacial score (nSPS) is 20.3. The van der Waals surface area contributed by atoms with Crippen molar-refractivity contribution in [1.82, 2.24) is 5.32 Å². The maximum Gasteiger partial charge on any atom is 0.313 e. The molecule has 0 bridgehead atoms. The van der Waals surface area contributed by atoms with Crippen LogP contribution in [0.5, 0.6) is 5.75 Å². The Morgan fingerprint density at radius 2 is 1.80 bits per heavy atom. The van der Waals surface area contributed by atoms with Gasteiger partial charge in [-0.2, -0.15) is 0 Å². The summed E-state index contributed by atoms with van der Waals surface area (Å²) in [6, 6.07) is 5.12. The Morgan fingerprint density at radius 3 is 2.35 bits per heavy atom. The third-order valence-electron chi connectivity index (χ3n) is 2.90. The standard InChI is InChI=1S/C12H14N2O5S/c15-10-3-1-8(2-4-10)13-11(16)12(17)14-9-5-6-20(18,19)7-9/h1-4,9,15H,5-7H2,(H,13,16)(H,14,17). The van der Waals surface area contributed by atoms with Crippen molar-refractivity contribution in [1.29, 1.82) is 0 Å². The van der Waals surface area contributed by atoms with E-state index in [4.69, 9.17) is 5.11 Å². The first-order valence-corrected chi connectivity index (χ1v) is 7.79. The van der Waals surface area contributed by atoms with E-state index in [-0.39, 0.29) is 17.3 Å². The molecule has 1 aromatic rings. The third-order valence-corrected chi connectivity index (χ3v) is 4.67. The molecular weight excluding hydrogens is 284 g/mol. The summed E-state index contributed by atoms with van der Waals surface area (Å²) in [6.07, 6.45) is 0.320. The van der Waals surface area contributed by atoms with Gasteiger partial charge in [-0.05, 0) is 30.7 Å². The van der Waals surface area contributed by atoms with Crippen molar-refractivity contribution in [3.63, 3.8) is 0 Å². The molecule has 1 heterocycles. The number of nitrogens with one attached hydrogen (secondary N) is 2. The Morgan fingerprint density at radius 1 is 1.15 bits per heavy atom. The molecule has 0 aromatic heterocycles. The van der Waals surface area contributed by atoms with Crippen LogP contribution >= 0.6 is 0 Å². The number of phenolic OH excluding ortho intramolecular Hbond substituents is 1. The maximum absolute atomic E-state index is 11.6. The highest BCUT2D eigenvalue weighted by atomic mass is 32.2. The molecule has 0 saturated carbocycles. The number of hydrogen-bond donors (Lipinski definition) is 3. The second-order valence-corrected chi connectivity index (χ2v) is 6.80. The molecule has 1 aromatic carbocycles. The van der Waals surface area contributed by atoms with Gasteiger partial charge in [0, 0.05) is 11.7 Å². The summed E-state index contributed by atoms with van der Waals surface area (Å²) in [4.78, 5) is 23.2. The predicted octanol–water partition coefficient (Wildman–Crippen LogP) is -0.366. The molecule has 8 heteroatoms. The Hall–Kier alpha value is -2.09. The van der Waals surface area contributed by atoms with Gasteiger partial charge in [-0.3, -0.25) is 9.59 Å². The van der Waals surface area contributed by atoms with Crippen LogP contribution in [0.25, 0.3) is 0 Å². The average Bonchev–Trinajstić information content (AvgIpc) is 2.71. The number of benzene rings is 1. The molecule has 1 saturated heterocycles. The monoisotopic (exact) mass is 298 g/mol. The number of amides is 2. The lowest BCUT2D eigenvalue weighted by atomic mass is 10.2. The van der Waals surface area contributed by atoms with Crippen LogP contribution in [0.2, 0.25) is 0 Å². The molecule has 1 aliphatic heterocycles. The predicted molar refractivity (Wildman–Crippen MR) is 71.9 cm³/mol. The highest BCUT2D eigenvalue weighted by molar-refractivity contribution is 7.91. The fourth-order valence-corrected chi connectivity index (χ4v) is 3.57. The van der Waals surface area contributed by atoms with Crippen molar-refractivity contribution in [2.75, 3.05) is 16.8 Å². The molecule has 1 unspecified atom stereocenters. The number of phenols is 1. The van der Waals surface area contributed by atoms with Crippen LogP contribution in [-0.4, -0.2) is 42.9 Å². The first kappa shape index (κ1) is 14.3. The van der Waals surface area contributed by atoms with Crippen LogP contribution in [0, 0.1) is 0 Å². The molecule has 108 valence electrons. The van der Waals surface area contributed by atoms with Gasteiger partial charge in [0.25, 0.3) is 0 Å². The van der Waals surface area contributed by atoms with E-state index in [2.05, 4.69) is 10.6 Å². The Bertz CT molecular complexity index is 624. The van der Waals surface area contributed by atoms with Crippen molar-refractivity contribution in [3.8, 4) is 5.75 Å². The summed E-state index contributed by atoms with van der Waals surface area (Å²) in [6.45, 7) is 0. The van der Waals surface area contributed by atoms with E-state index in [1.54, 1.807) is 0 Å². The molecule has 20 heavy (non-hydrogen) atoms. The molecule has 7 nitrogen and oxygen atoms in total. The maximum atomic E-state index is 11.6. The van der Waals surface area contributed by atoms with E-state index in [9.17, 15) is 18.0 Å². The van der Waals surface area contributed by atoms with E-state index in [1.807, 2.05) is 0 Å². The lowest BCUT2D eigenvalue weighted by molar-refractivity contribution is -0.136. The van der Waals surface area contributed by atoms with Crippen LogP contribution < -0.4 is 10.6 Å². The molecule has 0 aliphatic carbocycles. The Labute approximate surface area is 115 Å². The highest BCUT2D eigenvalue weighted by Gasteiger charge is 2.30. The molecule has 0 radical (unpaired) electrons. The van der Waals surface area contributed by atoms with Crippen LogP contribution in [-0.2, 0) is 19.4 Å².